The molecule has 0 spiro atoms. The Hall–Kier alpha value is 1.99. The van der Waals surface area contributed by atoms with E-state index in [1.165, 1.54) is 0 Å². The summed E-state index contributed by atoms with van der Waals surface area (Å²) in [5, 5.41) is 16.4. The van der Waals surface area contributed by atoms with Crippen LogP contribution in [0.2, 0.25) is 0 Å². The smallest absolute Gasteiger partial charge is 0.790 e. The van der Waals surface area contributed by atoms with Gasteiger partial charge in [0, 0.05) is 0 Å². The Morgan fingerprint density at radius 3 is 1.57 bits per heavy atom. The Kier molecular flexibility index (Phi) is 31.9. The number of hydrogen-bond acceptors (Lipinski definition) is 6. The molecule has 14 heavy (non-hydrogen) atoms. The average molecular weight is 250 g/mol. The minimum Gasteiger partial charge on any atom is -0.790 e. The van der Waals surface area contributed by atoms with Crippen molar-refractivity contribution < 1.29 is 93.7 Å². The van der Waals surface area contributed by atoms with Crippen molar-refractivity contribution in [3.8, 4) is 0 Å². The van der Waals surface area contributed by atoms with Gasteiger partial charge in [0.1, 0.15) is 6.10 Å². The van der Waals surface area contributed by atoms with Gasteiger partial charge in [-0.05, 0) is 0 Å². The van der Waals surface area contributed by atoms with Gasteiger partial charge >= 0.3 is 59.1 Å². The molecule has 10 heteroatoms. The summed E-state index contributed by atoms with van der Waals surface area (Å²) in [6, 6.07) is 0. The van der Waals surface area contributed by atoms with E-state index in [9.17, 15) is 14.4 Å². The van der Waals surface area contributed by atoms with Crippen LogP contribution in [0.5, 0.6) is 0 Å². The maximum atomic E-state index is 9.79. The molecule has 0 saturated heterocycles. The Morgan fingerprint density at radius 1 is 1.21 bits per heavy atom. The fourth-order valence-corrected chi connectivity index (χ4v) is 0.805. The summed E-state index contributed by atoms with van der Waals surface area (Å²) in [6.07, 6.45) is -1.33. The topological polar surface area (TPSA) is 144 Å². The second-order valence-electron chi connectivity index (χ2n) is 1.54. The third-order valence-electron chi connectivity index (χ3n) is 0.685. The molecule has 4 N–H and O–H groups in total. The first kappa shape index (κ1) is 29.7. The summed E-state index contributed by atoms with van der Waals surface area (Å²) in [6.45, 7) is -1.41. The molecule has 0 rings (SSSR count). The van der Waals surface area contributed by atoms with Crippen LogP contribution in [0.4, 0.5) is 0 Å². The number of hydrogen-bond donors (Lipinski definition) is 2. The number of phosphoric ester groups is 1. The molecule has 78 valence electrons. The molecule has 0 amide bonds. The van der Waals surface area contributed by atoms with Crippen LogP contribution in [0.15, 0.2) is 0 Å². The number of aliphatic hydroxyl groups is 2. The van der Waals surface area contributed by atoms with Crippen LogP contribution in [0.3, 0.4) is 0 Å². The molecule has 0 atom stereocenters. The van der Waals surface area contributed by atoms with E-state index >= 15 is 0 Å². The molecule has 0 radical (unpaired) electrons. The second kappa shape index (κ2) is 15.0. The van der Waals surface area contributed by atoms with Crippen molar-refractivity contribution >= 4 is 7.82 Å². The maximum absolute atomic E-state index is 9.79. The molecule has 0 aliphatic carbocycles. The van der Waals surface area contributed by atoms with Crippen molar-refractivity contribution in [3.63, 3.8) is 0 Å². The first-order valence-electron chi connectivity index (χ1n) is 2.41. The molecule has 0 unspecified atom stereocenters. The van der Waals surface area contributed by atoms with Gasteiger partial charge in [-0.1, -0.05) is 7.43 Å². The Morgan fingerprint density at radius 2 is 1.50 bits per heavy atom. The zero-order chi connectivity index (χ0) is 8.20. The SMILES string of the molecule is C.O.O=P([O-])([O-])OC(CO)CO.[Na+].[Na+]. The molecule has 0 aromatic rings. The molecule has 7 nitrogen and oxygen atoms in total. The van der Waals surface area contributed by atoms with Crippen molar-refractivity contribution in [2.24, 2.45) is 0 Å². The Labute approximate surface area is 127 Å². The molecule has 0 aromatic heterocycles. The van der Waals surface area contributed by atoms with Crippen LogP contribution < -0.4 is 68.9 Å². The fourth-order valence-electron chi connectivity index (χ4n) is 0.307. The molecule has 0 aliphatic rings. The third kappa shape index (κ3) is 19.5. The van der Waals surface area contributed by atoms with Gasteiger partial charge in [-0.15, -0.1) is 0 Å². The average Bonchev–Trinajstić information content (AvgIpc) is 1.81. The summed E-state index contributed by atoms with van der Waals surface area (Å²) in [7, 11) is -5.07. The summed E-state index contributed by atoms with van der Waals surface area (Å²) in [4.78, 5) is 19.6. The number of aliphatic hydroxyl groups excluding tert-OH is 2. The summed E-state index contributed by atoms with van der Waals surface area (Å²) in [5.74, 6) is 0. The first-order chi connectivity index (χ1) is 4.49. The molecular formula is C4H13Na2O7P. The van der Waals surface area contributed by atoms with E-state index in [4.69, 9.17) is 10.2 Å². The van der Waals surface area contributed by atoms with E-state index in [-0.39, 0.29) is 72.0 Å². The van der Waals surface area contributed by atoms with Crippen molar-refractivity contribution in [2.75, 3.05) is 13.2 Å². The zero-order valence-electron chi connectivity index (χ0n) is 7.47. The van der Waals surface area contributed by atoms with Gasteiger partial charge < -0.3 is 34.6 Å². The molecule has 0 heterocycles. The Bertz CT molecular complexity index is 136. The van der Waals surface area contributed by atoms with Crippen LogP contribution >= 0.6 is 7.82 Å². The van der Waals surface area contributed by atoms with Gasteiger partial charge in [-0.2, -0.15) is 0 Å². The molecule has 0 aliphatic heterocycles. The van der Waals surface area contributed by atoms with Crippen LogP contribution in [0, 0.1) is 0 Å². The van der Waals surface area contributed by atoms with Crippen molar-refractivity contribution in [1.82, 2.24) is 0 Å². The van der Waals surface area contributed by atoms with E-state index in [1.807, 2.05) is 0 Å². The van der Waals surface area contributed by atoms with Crippen LogP contribution in [-0.2, 0) is 9.09 Å². The predicted octanol–water partition coefficient (Wildman–Crippen LogP) is -9.00. The standard InChI is InChI=1S/C3H9O6P.CH4.2Na.H2O/c4-1-3(2-5)9-10(6,7)8;;;;/h3-5H,1-2H2,(H2,6,7,8);1H4;;;1H2/q;;2*+1;/p-2. The summed E-state index contributed by atoms with van der Waals surface area (Å²) < 4.78 is 13.5. The zero-order valence-corrected chi connectivity index (χ0v) is 12.4. The predicted molar refractivity (Wildman–Crippen MR) is 37.0 cm³/mol. The largest absolute Gasteiger partial charge is 1.00 e. The summed E-state index contributed by atoms with van der Waals surface area (Å²) in [5.41, 5.74) is 0. The van der Waals surface area contributed by atoms with Crippen LogP contribution in [0.1, 0.15) is 7.43 Å². The van der Waals surface area contributed by atoms with E-state index in [0.717, 1.165) is 0 Å². The third-order valence-corrected chi connectivity index (χ3v) is 1.24. The van der Waals surface area contributed by atoms with Crippen LogP contribution in [-0.4, -0.2) is 35.0 Å². The van der Waals surface area contributed by atoms with Gasteiger partial charge in [-0.3, -0.25) is 0 Å². The molecular weight excluding hydrogens is 237 g/mol. The Balaban J connectivity index is -0.0000000675. The normalized spacial score (nSPS) is 8.93. The minimum atomic E-state index is -5.07. The van der Waals surface area contributed by atoms with E-state index in [1.54, 1.807) is 0 Å². The quantitative estimate of drug-likeness (QED) is 0.374. The van der Waals surface area contributed by atoms with E-state index in [2.05, 4.69) is 4.52 Å². The van der Waals surface area contributed by atoms with E-state index < -0.39 is 27.1 Å². The molecule has 0 bridgehead atoms. The number of rotatable bonds is 4. The van der Waals surface area contributed by atoms with Crippen LogP contribution in [0.25, 0.3) is 0 Å². The van der Waals surface area contributed by atoms with Crippen molar-refractivity contribution in [3.05, 3.63) is 0 Å². The second-order valence-corrected chi connectivity index (χ2v) is 2.65. The first-order valence-corrected chi connectivity index (χ1v) is 3.88. The van der Waals surface area contributed by atoms with Gasteiger partial charge in [-0.25, -0.2) is 0 Å². The monoisotopic (exact) mass is 250 g/mol. The van der Waals surface area contributed by atoms with E-state index in [0.29, 0.717) is 0 Å². The maximum Gasteiger partial charge on any atom is 1.00 e. The molecule has 0 fully saturated rings. The van der Waals surface area contributed by atoms with Crippen molar-refractivity contribution in [1.29, 1.82) is 0 Å². The van der Waals surface area contributed by atoms with Gasteiger partial charge in [0.15, 0.2) is 0 Å². The van der Waals surface area contributed by atoms with Gasteiger partial charge in [0.05, 0.1) is 21.0 Å². The summed E-state index contributed by atoms with van der Waals surface area (Å²) >= 11 is 0. The van der Waals surface area contributed by atoms with Gasteiger partial charge in [0.2, 0.25) is 0 Å². The van der Waals surface area contributed by atoms with Crippen molar-refractivity contribution in [2.45, 2.75) is 13.5 Å². The minimum absolute atomic E-state index is 0. The molecule has 0 saturated carbocycles. The number of phosphoric acid groups is 1. The molecule has 0 aromatic carbocycles. The van der Waals surface area contributed by atoms with Gasteiger partial charge in [0.25, 0.3) is 0 Å². The fraction of sp³-hybridized carbons (Fsp3) is 1.00.